The van der Waals surface area contributed by atoms with E-state index in [9.17, 15) is 4.79 Å². The lowest BCUT2D eigenvalue weighted by molar-refractivity contribution is -0.119. The van der Waals surface area contributed by atoms with E-state index in [1.54, 1.807) is 18.4 Å². The minimum absolute atomic E-state index is 0.0731. The molecule has 1 aliphatic rings. The number of aryl methyl sites for hydroxylation is 1. The highest BCUT2D eigenvalue weighted by molar-refractivity contribution is 5.95. The van der Waals surface area contributed by atoms with Gasteiger partial charge >= 0.3 is 0 Å². The minimum Gasteiger partial charge on any atom is -0.461 e. The second-order valence-corrected chi connectivity index (χ2v) is 6.55. The number of hydrogen-bond acceptors (Lipinski definition) is 5. The summed E-state index contributed by atoms with van der Waals surface area (Å²) in [5, 5.41) is 3.90. The lowest BCUT2D eigenvalue weighted by Gasteiger charge is -2.29. The molecule has 4 rings (SSSR count). The van der Waals surface area contributed by atoms with Gasteiger partial charge in [-0.1, -0.05) is 23.4 Å². The van der Waals surface area contributed by atoms with Gasteiger partial charge in [0.05, 0.1) is 6.26 Å². The molecule has 1 fully saturated rings. The fraction of sp³-hybridized carbons (Fsp3) is 0.316. The van der Waals surface area contributed by atoms with E-state index >= 15 is 0 Å². The Bertz CT molecular complexity index is 851. The van der Waals surface area contributed by atoms with Crippen molar-refractivity contribution in [3.05, 3.63) is 54.6 Å². The van der Waals surface area contributed by atoms with Crippen molar-refractivity contribution >= 4 is 11.6 Å². The second-order valence-electron chi connectivity index (χ2n) is 6.55. The van der Waals surface area contributed by atoms with Crippen LogP contribution in [0.5, 0.6) is 0 Å². The second kappa shape index (κ2) is 6.20. The van der Waals surface area contributed by atoms with Crippen molar-refractivity contribution in [3.8, 4) is 11.6 Å². The van der Waals surface area contributed by atoms with Gasteiger partial charge in [0.2, 0.25) is 17.6 Å². The van der Waals surface area contributed by atoms with Crippen LogP contribution in [0.2, 0.25) is 0 Å². The van der Waals surface area contributed by atoms with E-state index in [2.05, 4.69) is 17.1 Å². The van der Waals surface area contributed by atoms with Gasteiger partial charge in [-0.15, -0.1) is 0 Å². The first-order valence-electron chi connectivity index (χ1n) is 8.40. The van der Waals surface area contributed by atoms with Crippen molar-refractivity contribution in [3.63, 3.8) is 0 Å². The van der Waals surface area contributed by atoms with Gasteiger partial charge in [0.1, 0.15) is 0 Å². The molecule has 0 radical (unpaired) electrons. The van der Waals surface area contributed by atoms with Crippen molar-refractivity contribution in [2.24, 2.45) is 0 Å². The first-order chi connectivity index (χ1) is 12.2. The zero-order valence-corrected chi connectivity index (χ0v) is 14.0. The summed E-state index contributed by atoms with van der Waals surface area (Å²) in [5.74, 6) is 1.47. The number of benzene rings is 1. The Labute approximate surface area is 145 Å². The number of para-hydroxylation sites is 1. The largest absolute Gasteiger partial charge is 0.461 e. The highest BCUT2D eigenvalue weighted by atomic mass is 16.5. The van der Waals surface area contributed by atoms with Crippen LogP contribution >= 0.6 is 0 Å². The molecule has 0 N–H and O–H groups in total. The maximum atomic E-state index is 12.9. The van der Waals surface area contributed by atoms with Gasteiger partial charge in [0.25, 0.3) is 0 Å². The number of amides is 1. The number of nitrogens with zero attached hydrogens (tertiary/aromatic N) is 3. The lowest BCUT2D eigenvalue weighted by atomic mass is 10.1. The molecule has 25 heavy (non-hydrogen) atoms. The summed E-state index contributed by atoms with van der Waals surface area (Å²) in [7, 11) is 0. The summed E-state index contributed by atoms with van der Waals surface area (Å²) in [6.07, 6.45) is 4.34. The third kappa shape index (κ3) is 3.20. The Morgan fingerprint density at radius 1 is 1.20 bits per heavy atom. The number of hydrogen-bond donors (Lipinski definition) is 0. The molecule has 3 aromatic rings. The summed E-state index contributed by atoms with van der Waals surface area (Å²) in [6, 6.07) is 13.3. The molecule has 0 atom stereocenters. The molecule has 6 nitrogen and oxygen atoms in total. The first-order valence-corrected chi connectivity index (χ1v) is 8.40. The standard InChI is InChI=1S/C19H19N3O3/c1-19(11-12-19)22(14-6-3-2-4-7-14)17(23)10-9-16-20-18(21-25-16)15-8-5-13-24-15/h2-8,13H,9-12H2,1H3. The van der Waals surface area contributed by atoms with Crippen LogP contribution in [-0.4, -0.2) is 21.6 Å². The Morgan fingerprint density at radius 2 is 2.00 bits per heavy atom. The zero-order valence-electron chi connectivity index (χ0n) is 14.0. The number of carbonyl (C=O) groups is 1. The topological polar surface area (TPSA) is 72.4 Å². The molecular weight excluding hydrogens is 318 g/mol. The van der Waals surface area contributed by atoms with Gasteiger partial charge in [-0.25, -0.2) is 0 Å². The van der Waals surface area contributed by atoms with Crippen LogP contribution in [0.1, 0.15) is 32.1 Å². The predicted molar refractivity (Wildman–Crippen MR) is 91.9 cm³/mol. The minimum atomic E-state index is -0.0768. The van der Waals surface area contributed by atoms with E-state index in [1.807, 2.05) is 35.2 Å². The summed E-state index contributed by atoms with van der Waals surface area (Å²) in [4.78, 5) is 19.1. The summed E-state index contributed by atoms with van der Waals surface area (Å²) in [6.45, 7) is 2.12. The van der Waals surface area contributed by atoms with E-state index in [-0.39, 0.29) is 11.4 Å². The highest BCUT2D eigenvalue weighted by Crippen LogP contribution is 2.44. The molecule has 6 heteroatoms. The maximum Gasteiger partial charge on any atom is 0.238 e. The average Bonchev–Trinajstić information content (AvgIpc) is 3.07. The Kier molecular flexibility index (Phi) is 3.87. The summed E-state index contributed by atoms with van der Waals surface area (Å²) >= 11 is 0. The van der Waals surface area contributed by atoms with E-state index in [4.69, 9.17) is 8.94 Å². The molecule has 2 aromatic heterocycles. The summed E-state index contributed by atoms with van der Waals surface area (Å²) in [5.41, 5.74) is 0.862. The lowest BCUT2D eigenvalue weighted by Crippen LogP contribution is -2.40. The third-order valence-electron chi connectivity index (χ3n) is 4.54. The zero-order chi connectivity index (χ0) is 17.3. The number of carbonyl (C=O) groups excluding carboxylic acids is 1. The quantitative estimate of drug-likeness (QED) is 0.683. The van der Waals surface area contributed by atoms with Gasteiger partial charge in [-0.2, -0.15) is 4.98 Å². The maximum absolute atomic E-state index is 12.9. The molecule has 1 saturated carbocycles. The fourth-order valence-electron chi connectivity index (χ4n) is 2.93. The van der Waals surface area contributed by atoms with Gasteiger partial charge in [-0.05, 0) is 44.0 Å². The van der Waals surface area contributed by atoms with Crippen LogP contribution in [0.3, 0.4) is 0 Å². The van der Waals surface area contributed by atoms with E-state index < -0.39 is 0 Å². The van der Waals surface area contributed by atoms with Crippen molar-refractivity contribution in [2.75, 3.05) is 4.90 Å². The molecule has 0 aliphatic heterocycles. The molecule has 1 amide bonds. The predicted octanol–water partition coefficient (Wildman–Crippen LogP) is 3.85. The monoisotopic (exact) mass is 337 g/mol. The average molecular weight is 337 g/mol. The number of rotatable bonds is 6. The van der Waals surface area contributed by atoms with Crippen LogP contribution in [0.4, 0.5) is 5.69 Å². The highest BCUT2D eigenvalue weighted by Gasteiger charge is 2.46. The fourth-order valence-corrected chi connectivity index (χ4v) is 2.93. The normalized spacial score (nSPS) is 15.1. The van der Waals surface area contributed by atoms with Crippen LogP contribution in [0.15, 0.2) is 57.7 Å². The van der Waals surface area contributed by atoms with Gasteiger partial charge in [0, 0.05) is 24.1 Å². The number of aromatic nitrogens is 2. The van der Waals surface area contributed by atoms with Crippen LogP contribution < -0.4 is 4.90 Å². The number of anilines is 1. The Hall–Kier alpha value is -2.89. The van der Waals surface area contributed by atoms with Crippen LogP contribution in [0.25, 0.3) is 11.6 Å². The van der Waals surface area contributed by atoms with Gasteiger partial charge in [0.15, 0.2) is 5.76 Å². The van der Waals surface area contributed by atoms with E-state index in [0.717, 1.165) is 18.5 Å². The van der Waals surface area contributed by atoms with Gasteiger partial charge in [-0.3, -0.25) is 4.79 Å². The SMILES string of the molecule is CC1(N(C(=O)CCc2nc(-c3ccco3)no2)c2ccccc2)CC1. The smallest absolute Gasteiger partial charge is 0.238 e. The Morgan fingerprint density at radius 3 is 2.68 bits per heavy atom. The molecular formula is C19H19N3O3. The van der Waals surface area contributed by atoms with Crippen LogP contribution in [0, 0.1) is 0 Å². The summed E-state index contributed by atoms with van der Waals surface area (Å²) < 4.78 is 10.5. The molecule has 2 heterocycles. The van der Waals surface area contributed by atoms with E-state index in [1.165, 1.54) is 0 Å². The number of furan rings is 1. The molecule has 0 saturated heterocycles. The van der Waals surface area contributed by atoms with Crippen LogP contribution in [-0.2, 0) is 11.2 Å². The molecule has 0 spiro atoms. The van der Waals surface area contributed by atoms with Gasteiger partial charge < -0.3 is 13.8 Å². The van der Waals surface area contributed by atoms with Crippen molar-refractivity contribution < 1.29 is 13.7 Å². The molecule has 0 bridgehead atoms. The van der Waals surface area contributed by atoms with E-state index in [0.29, 0.717) is 30.3 Å². The third-order valence-corrected chi connectivity index (χ3v) is 4.54. The molecule has 1 aromatic carbocycles. The molecule has 128 valence electrons. The Balaban J connectivity index is 1.46. The molecule has 0 unspecified atom stereocenters. The van der Waals surface area contributed by atoms with Crippen molar-refractivity contribution in [2.45, 2.75) is 38.1 Å². The first kappa shape index (κ1) is 15.6. The molecule has 1 aliphatic carbocycles. The van der Waals surface area contributed by atoms with Crippen molar-refractivity contribution in [1.82, 2.24) is 10.1 Å². The van der Waals surface area contributed by atoms with Crippen molar-refractivity contribution in [1.29, 1.82) is 0 Å².